The Hall–Kier alpha value is -1.19. The van der Waals surface area contributed by atoms with Crippen molar-refractivity contribution in [2.45, 2.75) is 37.3 Å². The molecule has 0 saturated heterocycles. The fraction of sp³-hybridized carbons (Fsp3) is 0.562. The van der Waals surface area contributed by atoms with Crippen LogP contribution in [-0.4, -0.2) is 27.7 Å². The van der Waals surface area contributed by atoms with Crippen molar-refractivity contribution in [2.75, 3.05) is 13.7 Å². The summed E-state index contributed by atoms with van der Waals surface area (Å²) in [5, 5.41) is 4.10. The summed E-state index contributed by atoms with van der Waals surface area (Å²) in [6, 6.07) is 4.90. The third-order valence-corrected chi connectivity index (χ3v) is 6.04. The zero-order chi connectivity index (χ0) is 19.0. The Morgan fingerprint density at radius 3 is 2.60 bits per heavy atom. The van der Waals surface area contributed by atoms with E-state index in [1.807, 2.05) is 0 Å². The molecule has 2 rings (SSSR count). The SMILES string of the molecule is CCCC(C)CNS(=O)c1ccc(-c2cc(C(F)F)n(C)n2)s1.CF. The van der Waals surface area contributed by atoms with E-state index in [1.54, 1.807) is 12.1 Å². The van der Waals surface area contributed by atoms with Crippen LogP contribution in [0.25, 0.3) is 10.6 Å². The number of hydrogen-bond donors (Lipinski definition) is 1. The Kier molecular flexibility index (Phi) is 9.37. The summed E-state index contributed by atoms with van der Waals surface area (Å²) in [6.45, 7) is 4.93. The van der Waals surface area contributed by atoms with Crippen molar-refractivity contribution in [3.8, 4) is 10.6 Å². The first-order valence-corrected chi connectivity index (χ1v) is 9.84. The molecule has 0 radical (unpaired) electrons. The Balaban J connectivity index is 0.00000151. The van der Waals surface area contributed by atoms with Crippen LogP contribution in [0, 0.1) is 5.92 Å². The van der Waals surface area contributed by atoms with Gasteiger partial charge in [0.2, 0.25) is 0 Å². The van der Waals surface area contributed by atoms with Gasteiger partial charge in [0, 0.05) is 13.6 Å². The van der Waals surface area contributed by atoms with Crippen LogP contribution < -0.4 is 4.72 Å². The molecular formula is C16H24F3N3OS2. The van der Waals surface area contributed by atoms with Gasteiger partial charge in [-0.3, -0.25) is 9.07 Å². The number of alkyl halides is 3. The van der Waals surface area contributed by atoms with Gasteiger partial charge in [0.25, 0.3) is 6.43 Å². The molecule has 142 valence electrons. The third-order valence-electron chi connectivity index (χ3n) is 3.50. The highest BCUT2D eigenvalue weighted by Gasteiger charge is 2.17. The first kappa shape index (κ1) is 21.9. The molecule has 2 unspecified atom stereocenters. The van der Waals surface area contributed by atoms with E-state index < -0.39 is 17.4 Å². The van der Waals surface area contributed by atoms with Crippen LogP contribution in [0.5, 0.6) is 0 Å². The molecule has 0 bridgehead atoms. The fourth-order valence-electron chi connectivity index (χ4n) is 2.25. The minimum Gasteiger partial charge on any atom is -0.266 e. The maximum Gasteiger partial charge on any atom is 0.280 e. The molecule has 1 N–H and O–H groups in total. The number of rotatable bonds is 8. The smallest absolute Gasteiger partial charge is 0.266 e. The Labute approximate surface area is 153 Å². The minimum absolute atomic E-state index is 0.123. The van der Waals surface area contributed by atoms with Gasteiger partial charge >= 0.3 is 0 Å². The van der Waals surface area contributed by atoms with E-state index in [9.17, 15) is 17.4 Å². The maximum absolute atomic E-state index is 12.8. The topological polar surface area (TPSA) is 46.9 Å². The molecule has 2 heterocycles. The van der Waals surface area contributed by atoms with Gasteiger partial charge in [0.1, 0.15) is 26.6 Å². The molecule has 2 atom stereocenters. The van der Waals surface area contributed by atoms with Crippen LogP contribution >= 0.6 is 11.3 Å². The number of aromatic nitrogens is 2. The van der Waals surface area contributed by atoms with Gasteiger partial charge in [0.05, 0.1) is 12.1 Å². The Bertz CT molecular complexity index is 673. The van der Waals surface area contributed by atoms with E-state index in [1.165, 1.54) is 29.1 Å². The number of hydrogen-bond acceptors (Lipinski definition) is 3. The fourth-order valence-corrected chi connectivity index (χ4v) is 4.46. The zero-order valence-electron chi connectivity index (χ0n) is 14.8. The average Bonchev–Trinajstić information content (AvgIpc) is 3.21. The highest BCUT2D eigenvalue weighted by molar-refractivity contribution is 7.85. The Morgan fingerprint density at radius 2 is 2.04 bits per heavy atom. The molecule has 0 spiro atoms. The molecule has 25 heavy (non-hydrogen) atoms. The van der Waals surface area contributed by atoms with Crippen molar-refractivity contribution < 1.29 is 17.4 Å². The molecule has 4 nitrogen and oxygen atoms in total. The maximum atomic E-state index is 12.8. The summed E-state index contributed by atoms with van der Waals surface area (Å²) < 4.78 is 52.2. The zero-order valence-corrected chi connectivity index (χ0v) is 16.4. The Morgan fingerprint density at radius 1 is 1.36 bits per heavy atom. The summed E-state index contributed by atoms with van der Waals surface area (Å²) >= 11 is 1.31. The molecule has 0 amide bonds. The predicted molar refractivity (Wildman–Crippen MR) is 97.0 cm³/mol. The number of nitrogens with zero attached hydrogens (tertiary/aromatic N) is 2. The van der Waals surface area contributed by atoms with E-state index in [2.05, 4.69) is 23.7 Å². The standard InChI is InChI=1S/C15H21F2N3OS2.CH3F/c1-4-5-10(2)9-18-23(21)14-7-6-13(22-14)11-8-12(15(16)17)20(3)19-11;1-2/h6-8,10,15,18H,4-5,9H2,1-3H3;1H3. The second-order valence-corrected chi connectivity index (χ2v) is 8.12. The van der Waals surface area contributed by atoms with E-state index in [0.717, 1.165) is 17.7 Å². The van der Waals surface area contributed by atoms with Crippen molar-refractivity contribution >= 4 is 22.3 Å². The number of thiophene rings is 1. The summed E-state index contributed by atoms with van der Waals surface area (Å²) in [5.74, 6) is 0.466. The van der Waals surface area contributed by atoms with Gasteiger partial charge in [-0.2, -0.15) is 5.10 Å². The normalized spacial score (nSPS) is 13.4. The molecule has 9 heteroatoms. The monoisotopic (exact) mass is 395 g/mol. The molecule has 2 aromatic heterocycles. The quantitative estimate of drug-likeness (QED) is 0.703. The molecule has 0 aliphatic carbocycles. The molecule has 0 aromatic carbocycles. The molecule has 0 aliphatic rings. The van der Waals surface area contributed by atoms with Crippen LogP contribution in [0.15, 0.2) is 22.4 Å². The minimum atomic E-state index is -2.56. The van der Waals surface area contributed by atoms with Crippen LogP contribution in [0.1, 0.15) is 38.8 Å². The summed E-state index contributed by atoms with van der Waals surface area (Å²) in [6.07, 6.45) is -0.369. The van der Waals surface area contributed by atoms with Gasteiger partial charge < -0.3 is 0 Å². The van der Waals surface area contributed by atoms with Gasteiger partial charge in [-0.05, 0) is 30.5 Å². The van der Waals surface area contributed by atoms with Crippen LogP contribution in [-0.2, 0) is 18.0 Å². The first-order valence-electron chi connectivity index (χ1n) is 7.87. The first-order chi connectivity index (χ1) is 11.9. The van der Waals surface area contributed by atoms with Crippen molar-refractivity contribution in [1.29, 1.82) is 0 Å². The lowest BCUT2D eigenvalue weighted by atomic mass is 10.1. The number of halogens is 3. The van der Waals surface area contributed by atoms with Gasteiger partial charge in [-0.15, -0.1) is 11.3 Å². The average molecular weight is 396 g/mol. The summed E-state index contributed by atoms with van der Waals surface area (Å²) in [5.41, 5.74) is 0.359. The molecule has 2 aromatic rings. The molecule has 0 fully saturated rings. The van der Waals surface area contributed by atoms with Crippen molar-refractivity contribution in [1.82, 2.24) is 14.5 Å². The van der Waals surface area contributed by atoms with Gasteiger partial charge in [-0.1, -0.05) is 20.3 Å². The molecular weight excluding hydrogens is 371 g/mol. The van der Waals surface area contributed by atoms with Gasteiger partial charge in [0.15, 0.2) is 0 Å². The van der Waals surface area contributed by atoms with Gasteiger partial charge in [-0.25, -0.2) is 17.7 Å². The molecule has 0 aliphatic heterocycles. The second-order valence-electron chi connectivity index (χ2n) is 5.51. The number of nitrogens with one attached hydrogen (secondary N) is 1. The second kappa shape index (κ2) is 10.7. The predicted octanol–water partition coefficient (Wildman–Crippen LogP) is 4.72. The lowest BCUT2D eigenvalue weighted by molar-refractivity contribution is 0.141. The summed E-state index contributed by atoms with van der Waals surface area (Å²) in [7, 11) is 0.712. The largest absolute Gasteiger partial charge is 0.280 e. The van der Waals surface area contributed by atoms with Crippen LogP contribution in [0.2, 0.25) is 0 Å². The van der Waals surface area contributed by atoms with Crippen molar-refractivity contribution in [3.63, 3.8) is 0 Å². The van der Waals surface area contributed by atoms with Crippen molar-refractivity contribution in [2.24, 2.45) is 13.0 Å². The van der Waals surface area contributed by atoms with E-state index in [0.29, 0.717) is 29.5 Å². The van der Waals surface area contributed by atoms with Crippen molar-refractivity contribution in [3.05, 3.63) is 23.9 Å². The van der Waals surface area contributed by atoms with E-state index >= 15 is 0 Å². The summed E-state index contributed by atoms with van der Waals surface area (Å²) in [4.78, 5) is 0.735. The lowest BCUT2D eigenvalue weighted by Crippen LogP contribution is -2.22. The van der Waals surface area contributed by atoms with Crippen LogP contribution in [0.4, 0.5) is 13.2 Å². The number of aryl methyl sites for hydroxylation is 1. The van der Waals surface area contributed by atoms with E-state index in [-0.39, 0.29) is 5.69 Å². The highest BCUT2D eigenvalue weighted by Crippen LogP contribution is 2.31. The lowest BCUT2D eigenvalue weighted by Gasteiger charge is -2.09. The highest BCUT2D eigenvalue weighted by atomic mass is 32.2. The third kappa shape index (κ3) is 6.23. The van der Waals surface area contributed by atoms with Crippen LogP contribution in [0.3, 0.4) is 0 Å². The molecule has 0 saturated carbocycles. The van der Waals surface area contributed by atoms with E-state index in [4.69, 9.17) is 0 Å².